The summed E-state index contributed by atoms with van der Waals surface area (Å²) in [5.74, 6) is -0.309. The Kier molecular flexibility index (Phi) is 4.71. The normalized spacial score (nSPS) is 12.5. The van der Waals surface area contributed by atoms with Crippen molar-refractivity contribution in [1.82, 2.24) is 0 Å². The minimum Gasteiger partial charge on any atom is -0.399 e. The molecule has 6 nitrogen and oxygen atoms in total. The SMILES string of the molecule is Nc1ccc(S(=O)(=O)CCCCS(N)(=O)=O)cc1. The van der Waals surface area contributed by atoms with E-state index in [0.717, 1.165) is 0 Å². The van der Waals surface area contributed by atoms with Crippen LogP contribution in [-0.4, -0.2) is 28.3 Å². The first-order valence-corrected chi connectivity index (χ1v) is 8.66. The van der Waals surface area contributed by atoms with Gasteiger partial charge in [-0.15, -0.1) is 0 Å². The molecule has 0 bridgehead atoms. The van der Waals surface area contributed by atoms with Gasteiger partial charge in [-0.1, -0.05) is 0 Å². The minimum atomic E-state index is -3.52. The molecule has 18 heavy (non-hydrogen) atoms. The van der Waals surface area contributed by atoms with Gasteiger partial charge in [0.2, 0.25) is 10.0 Å². The summed E-state index contributed by atoms with van der Waals surface area (Å²) in [5.41, 5.74) is 5.95. The van der Waals surface area contributed by atoms with Gasteiger partial charge in [0.05, 0.1) is 16.4 Å². The Morgan fingerprint density at radius 1 is 0.889 bits per heavy atom. The van der Waals surface area contributed by atoms with Gasteiger partial charge in [-0.25, -0.2) is 22.0 Å². The summed E-state index contributed by atoms with van der Waals surface area (Å²) in [4.78, 5) is 0.187. The van der Waals surface area contributed by atoms with Crippen LogP contribution in [0.25, 0.3) is 0 Å². The van der Waals surface area contributed by atoms with Crippen molar-refractivity contribution in [3.05, 3.63) is 24.3 Å². The molecule has 4 N–H and O–H groups in total. The molecule has 0 radical (unpaired) electrons. The highest BCUT2D eigenvalue weighted by Crippen LogP contribution is 2.14. The number of benzene rings is 1. The summed E-state index contributed by atoms with van der Waals surface area (Å²) in [6.45, 7) is 0. The van der Waals surface area contributed by atoms with Crippen molar-refractivity contribution in [3.8, 4) is 0 Å². The van der Waals surface area contributed by atoms with Crippen molar-refractivity contribution in [2.24, 2.45) is 5.14 Å². The Bertz CT molecular complexity index is 591. The molecule has 0 atom stereocenters. The number of hydrogen-bond donors (Lipinski definition) is 2. The van der Waals surface area contributed by atoms with Crippen LogP contribution in [0, 0.1) is 0 Å². The summed E-state index contributed by atoms with van der Waals surface area (Å²) >= 11 is 0. The molecular formula is C10H16N2O4S2. The van der Waals surface area contributed by atoms with E-state index in [4.69, 9.17) is 10.9 Å². The molecule has 0 heterocycles. The Morgan fingerprint density at radius 3 is 1.89 bits per heavy atom. The number of sulfone groups is 1. The molecule has 0 aliphatic heterocycles. The molecule has 1 aromatic rings. The smallest absolute Gasteiger partial charge is 0.209 e. The van der Waals surface area contributed by atoms with Crippen molar-refractivity contribution in [3.63, 3.8) is 0 Å². The van der Waals surface area contributed by atoms with Crippen molar-refractivity contribution in [2.45, 2.75) is 17.7 Å². The van der Waals surface area contributed by atoms with Crippen molar-refractivity contribution >= 4 is 25.5 Å². The van der Waals surface area contributed by atoms with E-state index in [1.807, 2.05) is 0 Å². The number of nitrogens with two attached hydrogens (primary N) is 2. The van der Waals surface area contributed by atoms with E-state index in [2.05, 4.69) is 0 Å². The Hall–Kier alpha value is -1.12. The first-order valence-electron chi connectivity index (χ1n) is 5.29. The number of sulfonamides is 1. The highest BCUT2D eigenvalue weighted by atomic mass is 32.2. The van der Waals surface area contributed by atoms with Crippen LogP contribution in [0.5, 0.6) is 0 Å². The molecular weight excluding hydrogens is 276 g/mol. The molecule has 0 unspecified atom stereocenters. The first kappa shape index (κ1) is 14.9. The summed E-state index contributed by atoms with van der Waals surface area (Å²) in [6, 6.07) is 5.89. The molecule has 0 aliphatic rings. The van der Waals surface area contributed by atoms with Gasteiger partial charge < -0.3 is 5.73 Å². The molecule has 8 heteroatoms. The van der Waals surface area contributed by atoms with Crippen LogP contribution in [0.3, 0.4) is 0 Å². The van der Waals surface area contributed by atoms with Crippen molar-refractivity contribution in [2.75, 3.05) is 17.2 Å². The average Bonchev–Trinajstić information content (AvgIpc) is 2.24. The standard InChI is InChI=1S/C10H16N2O4S2/c11-9-3-5-10(6-4-9)17(13,14)7-1-2-8-18(12,15)16/h3-6H,1-2,7-8,11H2,(H2,12,15,16). The van der Waals surface area contributed by atoms with Crippen LogP contribution < -0.4 is 10.9 Å². The average molecular weight is 292 g/mol. The molecule has 1 aromatic carbocycles. The van der Waals surface area contributed by atoms with E-state index in [9.17, 15) is 16.8 Å². The number of anilines is 1. The maximum absolute atomic E-state index is 11.8. The van der Waals surface area contributed by atoms with Gasteiger partial charge in [0.25, 0.3) is 0 Å². The van der Waals surface area contributed by atoms with Crippen molar-refractivity contribution in [1.29, 1.82) is 0 Å². The van der Waals surface area contributed by atoms with Gasteiger partial charge in [0, 0.05) is 5.69 Å². The second-order valence-corrected chi connectivity index (χ2v) is 7.81. The van der Waals surface area contributed by atoms with Crippen LogP contribution in [0.2, 0.25) is 0 Å². The Balaban J connectivity index is 2.58. The van der Waals surface area contributed by atoms with Crippen LogP contribution in [0.1, 0.15) is 12.8 Å². The fraction of sp³-hybridized carbons (Fsp3) is 0.400. The predicted molar refractivity (Wildman–Crippen MR) is 70.1 cm³/mol. The number of nitrogen functional groups attached to an aromatic ring is 1. The lowest BCUT2D eigenvalue weighted by Gasteiger charge is -2.04. The van der Waals surface area contributed by atoms with Gasteiger partial charge in [-0.05, 0) is 37.1 Å². The largest absolute Gasteiger partial charge is 0.399 e. The second kappa shape index (κ2) is 5.68. The maximum Gasteiger partial charge on any atom is 0.209 e. The quantitative estimate of drug-likeness (QED) is 0.569. The third-order valence-corrected chi connectivity index (χ3v) is 5.01. The van der Waals surface area contributed by atoms with Gasteiger partial charge in [-0.3, -0.25) is 0 Å². The van der Waals surface area contributed by atoms with Crippen molar-refractivity contribution < 1.29 is 16.8 Å². The summed E-state index contributed by atoms with van der Waals surface area (Å²) in [6.07, 6.45) is 0.482. The van der Waals surface area contributed by atoms with Crippen LogP contribution in [-0.2, 0) is 19.9 Å². The lowest BCUT2D eigenvalue weighted by atomic mass is 10.3. The molecule has 0 saturated carbocycles. The molecule has 0 fully saturated rings. The summed E-state index contributed by atoms with van der Waals surface area (Å²) in [7, 11) is -6.91. The van der Waals surface area contributed by atoms with Gasteiger partial charge in [0.15, 0.2) is 9.84 Å². The van der Waals surface area contributed by atoms with E-state index in [1.54, 1.807) is 0 Å². The fourth-order valence-corrected chi connectivity index (χ4v) is 3.37. The fourth-order valence-electron chi connectivity index (χ4n) is 1.39. The highest BCUT2D eigenvalue weighted by molar-refractivity contribution is 7.91. The zero-order valence-electron chi connectivity index (χ0n) is 9.74. The molecule has 0 aromatic heterocycles. The zero-order valence-corrected chi connectivity index (χ0v) is 11.4. The van der Waals surface area contributed by atoms with Gasteiger partial charge in [-0.2, -0.15) is 0 Å². The summed E-state index contributed by atoms with van der Waals surface area (Å²) in [5, 5.41) is 4.82. The van der Waals surface area contributed by atoms with Crippen LogP contribution >= 0.6 is 0 Å². The zero-order chi connectivity index (χ0) is 13.8. The van der Waals surface area contributed by atoms with E-state index < -0.39 is 19.9 Å². The molecule has 0 aliphatic carbocycles. The molecule has 0 spiro atoms. The summed E-state index contributed by atoms with van der Waals surface area (Å²) < 4.78 is 45.0. The Morgan fingerprint density at radius 2 is 1.39 bits per heavy atom. The monoisotopic (exact) mass is 292 g/mol. The molecule has 0 amide bonds. The third-order valence-electron chi connectivity index (χ3n) is 2.33. The van der Waals surface area contributed by atoms with E-state index in [0.29, 0.717) is 5.69 Å². The predicted octanol–water partition coefficient (Wildman–Crippen LogP) is 0.111. The maximum atomic E-state index is 11.8. The molecule has 102 valence electrons. The number of primary sulfonamides is 1. The lowest BCUT2D eigenvalue weighted by molar-refractivity contribution is 0.586. The topological polar surface area (TPSA) is 120 Å². The lowest BCUT2D eigenvalue weighted by Crippen LogP contribution is -2.17. The van der Waals surface area contributed by atoms with E-state index in [-0.39, 0.29) is 29.2 Å². The van der Waals surface area contributed by atoms with Gasteiger partial charge in [0.1, 0.15) is 0 Å². The Labute approximate surface area is 107 Å². The molecule has 1 rings (SSSR count). The van der Waals surface area contributed by atoms with Crippen LogP contribution in [0.4, 0.5) is 5.69 Å². The second-order valence-electron chi connectivity index (χ2n) is 3.96. The van der Waals surface area contributed by atoms with E-state index in [1.165, 1.54) is 24.3 Å². The van der Waals surface area contributed by atoms with Gasteiger partial charge >= 0.3 is 0 Å². The minimum absolute atomic E-state index is 0.105. The van der Waals surface area contributed by atoms with E-state index >= 15 is 0 Å². The number of unbranched alkanes of at least 4 members (excludes halogenated alkanes) is 1. The highest BCUT2D eigenvalue weighted by Gasteiger charge is 2.14. The van der Waals surface area contributed by atoms with Crippen LogP contribution in [0.15, 0.2) is 29.2 Å². The molecule has 0 saturated heterocycles. The third kappa shape index (κ3) is 5.03. The first-order chi connectivity index (χ1) is 8.21. The number of rotatable bonds is 6. The number of hydrogen-bond acceptors (Lipinski definition) is 5.